The predicted octanol–water partition coefficient (Wildman–Crippen LogP) is 6.32. The molecule has 0 fully saturated rings. The standard InChI is InChI=1S/3C6H7NS.3O5P2/c1-8-6-2-4-7-5-3-6;1-8-6-3-2-4-7-5-6;1-8-6-4-2-3-5-7-6;3*1-6(2)5-7(3)4/h3*2-5H,1H3;;;/p+6. The van der Waals surface area contributed by atoms with Gasteiger partial charge in [-0.15, -0.1) is 64.6 Å². The molecule has 45 heavy (non-hydrogen) atoms. The lowest BCUT2D eigenvalue weighted by molar-refractivity contribution is 0.368. The second kappa shape index (κ2) is 34.1. The summed E-state index contributed by atoms with van der Waals surface area (Å²) in [7, 11) is -17.5. The molecule has 27 heteroatoms. The first-order valence-electron chi connectivity index (χ1n) is 10.5. The fourth-order valence-corrected chi connectivity index (χ4v) is 4.18. The van der Waals surface area contributed by atoms with E-state index in [9.17, 15) is 27.4 Å². The number of rotatable bonds is 9. The maximum Gasteiger partial charge on any atom is 0.745 e. The second-order valence-electron chi connectivity index (χ2n) is 5.82. The van der Waals surface area contributed by atoms with Crippen LogP contribution >= 0.6 is 84.8 Å². The van der Waals surface area contributed by atoms with E-state index >= 15 is 0 Å². The highest BCUT2D eigenvalue weighted by Gasteiger charge is 2.32. The molecule has 0 bridgehead atoms. The highest BCUT2D eigenvalue weighted by atomic mass is 32.2. The van der Waals surface area contributed by atoms with Crippen LogP contribution in [0.4, 0.5) is 0 Å². The number of pyridine rings is 3. The summed E-state index contributed by atoms with van der Waals surface area (Å²) in [6.07, 6.45) is 15.1. The maximum atomic E-state index is 9.39. The monoisotopic (exact) mass is 807 g/mol. The van der Waals surface area contributed by atoms with Gasteiger partial charge < -0.3 is 0 Å². The molecule has 0 saturated carbocycles. The largest absolute Gasteiger partial charge is 0.745 e. The molecular formula is C18H27N3O15P6S3+6. The van der Waals surface area contributed by atoms with Gasteiger partial charge in [0.15, 0.2) is 12.9 Å². The molecule has 3 rings (SSSR count). The minimum atomic E-state index is -2.92. The SMILES string of the molecule is CSc1ccccn1.CSc1cccnc1.CSc1ccncc1.O=[P+](O)O[P+](=O)O.O=[P+](O)O[P+](=O)O.O=[P+](O)O[P+](=O)O. The normalized spacial score (nSPS) is 11.1. The van der Waals surface area contributed by atoms with Gasteiger partial charge in [0.2, 0.25) is 0 Å². The summed E-state index contributed by atoms with van der Waals surface area (Å²) in [6.45, 7) is 0. The number of aromatic nitrogens is 3. The van der Waals surface area contributed by atoms with Gasteiger partial charge in [-0.3, -0.25) is 9.97 Å². The summed E-state index contributed by atoms with van der Waals surface area (Å²) in [6, 6.07) is 13.8. The van der Waals surface area contributed by atoms with E-state index in [2.05, 4.69) is 34.1 Å². The Hall–Kier alpha value is -1.26. The minimum absolute atomic E-state index is 1.08. The zero-order valence-electron chi connectivity index (χ0n) is 23.0. The smallest absolute Gasteiger partial charge is 0.265 e. The van der Waals surface area contributed by atoms with Crippen LogP contribution in [0.25, 0.3) is 0 Å². The average molecular weight is 807 g/mol. The lowest BCUT2D eigenvalue weighted by atomic mass is 10.5. The van der Waals surface area contributed by atoms with Gasteiger partial charge in [-0.05, 0) is 55.2 Å². The zero-order valence-corrected chi connectivity index (χ0v) is 30.9. The van der Waals surface area contributed by atoms with Crippen molar-refractivity contribution in [3.8, 4) is 0 Å². The molecule has 246 valence electrons. The third kappa shape index (κ3) is 42.7. The summed E-state index contributed by atoms with van der Waals surface area (Å²) in [5.74, 6) is 0. The summed E-state index contributed by atoms with van der Waals surface area (Å²) in [5, 5.41) is 1.08. The first kappa shape index (κ1) is 48.1. The van der Waals surface area contributed by atoms with Crippen molar-refractivity contribution in [1.29, 1.82) is 0 Å². The molecule has 6 N–H and O–H groups in total. The molecule has 6 atom stereocenters. The summed E-state index contributed by atoms with van der Waals surface area (Å²) < 4.78 is 66.5. The topological polar surface area (TPSA) is 290 Å². The van der Waals surface area contributed by atoms with Crippen LogP contribution in [0.5, 0.6) is 0 Å². The van der Waals surface area contributed by atoms with E-state index in [-0.39, 0.29) is 0 Å². The molecule has 3 aromatic rings. The van der Waals surface area contributed by atoms with Crippen molar-refractivity contribution in [2.24, 2.45) is 0 Å². The number of hydrogen-bond donors (Lipinski definition) is 6. The molecule has 18 nitrogen and oxygen atoms in total. The quantitative estimate of drug-likeness (QED) is 0.102. The van der Waals surface area contributed by atoms with Crippen molar-refractivity contribution in [1.82, 2.24) is 15.0 Å². The lowest BCUT2D eigenvalue weighted by Crippen LogP contribution is -1.71. The van der Waals surface area contributed by atoms with Crippen LogP contribution in [-0.2, 0) is 40.3 Å². The highest BCUT2D eigenvalue weighted by Crippen LogP contribution is 2.31. The van der Waals surface area contributed by atoms with E-state index in [1.54, 1.807) is 60.1 Å². The van der Waals surface area contributed by atoms with E-state index in [4.69, 9.17) is 29.4 Å². The summed E-state index contributed by atoms with van der Waals surface area (Å²) in [4.78, 5) is 60.4. The van der Waals surface area contributed by atoms with E-state index in [1.807, 2.05) is 61.2 Å². The fraction of sp³-hybridized carbons (Fsp3) is 0.167. The van der Waals surface area contributed by atoms with Gasteiger partial charge >= 0.3 is 49.5 Å². The van der Waals surface area contributed by atoms with Gasteiger partial charge in [0.05, 0.1) is 5.03 Å². The van der Waals surface area contributed by atoms with Gasteiger partial charge in [-0.25, -0.2) is 4.98 Å². The molecule has 3 heterocycles. The Balaban J connectivity index is -0.000000471. The molecule has 0 radical (unpaired) electrons. The number of nitrogens with zero attached hydrogens (tertiary/aromatic N) is 3. The van der Waals surface area contributed by atoms with Crippen LogP contribution in [0.3, 0.4) is 0 Å². The van der Waals surface area contributed by atoms with Crippen molar-refractivity contribution in [3.63, 3.8) is 0 Å². The van der Waals surface area contributed by atoms with Crippen molar-refractivity contribution in [2.45, 2.75) is 14.8 Å². The van der Waals surface area contributed by atoms with Crippen LogP contribution < -0.4 is 0 Å². The Bertz CT molecular complexity index is 1090. The van der Waals surface area contributed by atoms with Crippen molar-refractivity contribution in [3.05, 3.63) is 73.4 Å². The Kier molecular flexibility index (Phi) is 36.5. The van der Waals surface area contributed by atoms with Crippen LogP contribution in [-0.4, -0.2) is 63.1 Å². The molecule has 0 aliphatic rings. The summed E-state index contributed by atoms with van der Waals surface area (Å²) in [5.41, 5.74) is 0. The third-order valence-electron chi connectivity index (χ3n) is 3.02. The molecule has 0 aliphatic carbocycles. The Morgan fingerprint density at radius 1 is 0.511 bits per heavy atom. The predicted molar refractivity (Wildman–Crippen MR) is 170 cm³/mol. The first-order chi connectivity index (χ1) is 21.2. The van der Waals surface area contributed by atoms with Crippen LogP contribution in [0, 0.1) is 0 Å². The molecule has 0 aliphatic heterocycles. The van der Waals surface area contributed by atoms with Crippen molar-refractivity contribution < 1.29 is 69.7 Å². The van der Waals surface area contributed by atoms with E-state index in [1.165, 1.54) is 9.79 Å². The average Bonchev–Trinajstić information content (AvgIpc) is 2.98. The van der Waals surface area contributed by atoms with E-state index in [0.717, 1.165) is 5.03 Å². The molecule has 3 aromatic heterocycles. The molecule has 0 saturated heterocycles. The van der Waals surface area contributed by atoms with E-state index in [0.29, 0.717) is 0 Å². The first-order valence-corrected chi connectivity index (χ1v) is 21.0. The van der Waals surface area contributed by atoms with E-state index < -0.39 is 49.5 Å². The van der Waals surface area contributed by atoms with Crippen LogP contribution in [0.15, 0.2) is 88.3 Å². The van der Waals surface area contributed by atoms with Crippen molar-refractivity contribution >= 4 is 84.8 Å². The molecule has 0 aromatic carbocycles. The summed E-state index contributed by atoms with van der Waals surface area (Å²) >= 11 is 5.09. The van der Waals surface area contributed by atoms with Gasteiger partial charge in [0.25, 0.3) is 0 Å². The number of thioether (sulfide) groups is 3. The van der Waals surface area contributed by atoms with Gasteiger partial charge in [0, 0.05) is 68.2 Å². The van der Waals surface area contributed by atoms with Crippen LogP contribution in [0.2, 0.25) is 0 Å². The molecular weight excluding hydrogens is 780 g/mol. The fourth-order valence-electron chi connectivity index (χ4n) is 1.59. The minimum Gasteiger partial charge on any atom is -0.265 e. The Morgan fingerprint density at radius 3 is 1.16 bits per heavy atom. The van der Waals surface area contributed by atoms with Gasteiger partial charge in [-0.2, -0.15) is 0 Å². The second-order valence-corrected chi connectivity index (χ2v) is 13.2. The highest BCUT2D eigenvalue weighted by molar-refractivity contribution is 7.99. The Morgan fingerprint density at radius 2 is 0.956 bits per heavy atom. The lowest BCUT2D eigenvalue weighted by Gasteiger charge is -1.88. The number of hydrogen-bond acceptors (Lipinski definition) is 15. The van der Waals surface area contributed by atoms with Gasteiger partial charge in [0.1, 0.15) is 0 Å². The third-order valence-corrected chi connectivity index (χ3v) is 8.49. The van der Waals surface area contributed by atoms with Crippen molar-refractivity contribution in [2.75, 3.05) is 18.8 Å². The maximum absolute atomic E-state index is 9.39. The molecule has 0 amide bonds. The Labute approximate surface area is 275 Å². The molecule has 6 unspecified atom stereocenters. The molecule has 0 spiro atoms. The van der Waals surface area contributed by atoms with Crippen LogP contribution in [0.1, 0.15) is 0 Å². The van der Waals surface area contributed by atoms with Gasteiger partial charge in [-0.1, -0.05) is 6.07 Å². The zero-order chi connectivity index (χ0) is 35.0.